The number of hydrogen-bond acceptors (Lipinski definition) is 3. The lowest BCUT2D eigenvalue weighted by Crippen LogP contribution is -2.21. The lowest BCUT2D eigenvalue weighted by Gasteiger charge is -2.23. The molecule has 0 spiro atoms. The molecule has 6 heteroatoms. The van der Waals surface area contributed by atoms with Crippen molar-refractivity contribution in [2.45, 2.75) is 69.2 Å². The maximum absolute atomic E-state index is 6.52. The number of alkyl halides is 1. The standard InChI is InChI=1S/C27H38BrNO2Si2/c1-30-23-15-14-19(11-7-6-10-16-28)17-21(23)25(29-26(32(2)3)27(29)33(4)5)24-18-20-12-8-9-13-22(20)31-24/h8-9,12-15,17-18,25-27,32-33H,6-7,10-11,16H2,1-5H3. The molecule has 3 unspecified atom stereocenters. The molecular weight excluding hydrogens is 506 g/mol. The van der Waals surface area contributed by atoms with Crippen LogP contribution in [0.25, 0.3) is 11.0 Å². The van der Waals surface area contributed by atoms with Crippen LogP contribution in [0, 0.1) is 0 Å². The number of hydrogen-bond donors (Lipinski definition) is 0. The minimum Gasteiger partial charge on any atom is -0.496 e. The van der Waals surface area contributed by atoms with E-state index in [-0.39, 0.29) is 6.04 Å². The van der Waals surface area contributed by atoms with E-state index in [0.717, 1.165) is 40.2 Å². The summed E-state index contributed by atoms with van der Waals surface area (Å²) in [5, 5.41) is 2.27. The fourth-order valence-corrected chi connectivity index (χ4v) is 12.6. The zero-order valence-corrected chi connectivity index (χ0v) is 24.6. The van der Waals surface area contributed by atoms with Gasteiger partial charge in [0.15, 0.2) is 0 Å². The Bertz CT molecular complexity index is 1020. The van der Waals surface area contributed by atoms with Gasteiger partial charge in [-0.1, -0.05) is 78.9 Å². The molecule has 0 aliphatic carbocycles. The Balaban J connectivity index is 1.77. The van der Waals surface area contributed by atoms with Gasteiger partial charge in [-0.3, -0.25) is 4.90 Å². The highest BCUT2D eigenvalue weighted by Gasteiger charge is 2.55. The second kappa shape index (κ2) is 10.9. The summed E-state index contributed by atoms with van der Waals surface area (Å²) in [6.45, 7) is 10.0. The van der Waals surface area contributed by atoms with Gasteiger partial charge in [-0.2, -0.15) is 0 Å². The molecule has 1 saturated heterocycles. The molecule has 2 heterocycles. The van der Waals surface area contributed by atoms with Gasteiger partial charge in [-0.25, -0.2) is 0 Å². The minimum atomic E-state index is -0.833. The molecule has 4 rings (SSSR count). The summed E-state index contributed by atoms with van der Waals surface area (Å²) < 4.78 is 12.5. The van der Waals surface area contributed by atoms with Gasteiger partial charge < -0.3 is 9.15 Å². The van der Waals surface area contributed by atoms with Crippen LogP contribution in [-0.4, -0.2) is 46.3 Å². The van der Waals surface area contributed by atoms with Crippen molar-refractivity contribution in [3.8, 4) is 5.75 Å². The van der Waals surface area contributed by atoms with Crippen molar-refractivity contribution in [3.63, 3.8) is 0 Å². The Morgan fingerprint density at radius 1 is 0.970 bits per heavy atom. The molecule has 3 nitrogen and oxygen atoms in total. The molecule has 3 atom stereocenters. The van der Waals surface area contributed by atoms with Crippen LogP contribution in [-0.2, 0) is 6.42 Å². The average molecular weight is 545 g/mol. The number of halogens is 1. The minimum absolute atomic E-state index is 0.120. The first kappa shape index (κ1) is 24.8. The SMILES string of the molecule is COc1ccc(CCCCCBr)cc1C(c1cc2ccccc2o1)N1C([SiH](C)C)C1[SiH](C)C. The summed E-state index contributed by atoms with van der Waals surface area (Å²) in [7, 11) is 0.135. The third-order valence-electron chi connectivity index (χ3n) is 7.01. The average Bonchev–Trinajstić information content (AvgIpc) is 3.40. The molecule has 0 bridgehead atoms. The Hall–Kier alpha value is -1.35. The first-order chi connectivity index (χ1) is 16.0. The lowest BCUT2D eigenvalue weighted by molar-refractivity contribution is 0.353. The van der Waals surface area contributed by atoms with Crippen molar-refractivity contribution >= 4 is 44.5 Å². The quantitative estimate of drug-likeness (QED) is 0.116. The van der Waals surface area contributed by atoms with E-state index < -0.39 is 17.6 Å². The number of aryl methyl sites for hydroxylation is 1. The summed E-state index contributed by atoms with van der Waals surface area (Å²) in [5.41, 5.74) is 5.12. The van der Waals surface area contributed by atoms with E-state index in [1.165, 1.54) is 35.8 Å². The molecule has 3 aromatic rings. The van der Waals surface area contributed by atoms with Gasteiger partial charge in [0, 0.05) is 27.6 Å². The largest absolute Gasteiger partial charge is 0.496 e. The highest BCUT2D eigenvalue weighted by Crippen LogP contribution is 2.48. The second-order valence-corrected chi connectivity index (χ2v) is 17.2. The molecule has 0 amide bonds. The fourth-order valence-electron chi connectivity index (χ4n) is 5.46. The van der Waals surface area contributed by atoms with Gasteiger partial charge >= 0.3 is 0 Å². The summed E-state index contributed by atoms with van der Waals surface area (Å²) in [4.78, 5) is 2.79. The van der Waals surface area contributed by atoms with Crippen LogP contribution in [0.5, 0.6) is 5.75 Å². The van der Waals surface area contributed by atoms with Gasteiger partial charge in [-0.05, 0) is 43.0 Å². The Kier molecular flexibility index (Phi) is 8.21. The summed E-state index contributed by atoms with van der Waals surface area (Å²) >= 11 is 3.56. The molecule has 2 aromatic carbocycles. The molecule has 0 N–H and O–H groups in total. The summed E-state index contributed by atoms with van der Waals surface area (Å²) in [6.07, 6.45) is 4.83. The zero-order valence-electron chi connectivity index (χ0n) is 20.7. The molecule has 33 heavy (non-hydrogen) atoms. The van der Waals surface area contributed by atoms with E-state index in [1.807, 2.05) is 0 Å². The fraction of sp³-hybridized carbons (Fsp3) is 0.481. The predicted molar refractivity (Wildman–Crippen MR) is 150 cm³/mol. The van der Waals surface area contributed by atoms with Crippen molar-refractivity contribution in [1.29, 1.82) is 0 Å². The first-order valence-electron chi connectivity index (χ1n) is 12.4. The Morgan fingerprint density at radius 3 is 2.33 bits per heavy atom. The Morgan fingerprint density at radius 2 is 1.70 bits per heavy atom. The molecular formula is C27H38BrNO2Si2. The number of para-hydroxylation sites is 1. The van der Waals surface area contributed by atoms with E-state index in [0.29, 0.717) is 0 Å². The van der Waals surface area contributed by atoms with Crippen LogP contribution in [0.2, 0.25) is 26.2 Å². The lowest BCUT2D eigenvalue weighted by atomic mass is 9.97. The topological polar surface area (TPSA) is 25.4 Å². The predicted octanol–water partition coefficient (Wildman–Crippen LogP) is 6.74. The maximum atomic E-state index is 6.52. The highest BCUT2D eigenvalue weighted by molar-refractivity contribution is 9.09. The first-order valence-corrected chi connectivity index (χ1v) is 19.5. The third kappa shape index (κ3) is 5.34. The van der Waals surface area contributed by atoms with E-state index >= 15 is 0 Å². The van der Waals surface area contributed by atoms with Gasteiger partial charge in [0.2, 0.25) is 0 Å². The summed E-state index contributed by atoms with van der Waals surface area (Å²) in [5.74, 6) is 2.03. The van der Waals surface area contributed by atoms with E-state index in [2.05, 4.69) is 95.5 Å². The molecule has 178 valence electrons. The summed E-state index contributed by atoms with van der Waals surface area (Å²) in [6, 6.07) is 17.6. The van der Waals surface area contributed by atoms with E-state index in [1.54, 1.807) is 7.11 Å². The molecule has 1 aliphatic rings. The van der Waals surface area contributed by atoms with Crippen molar-refractivity contribution in [2.75, 3.05) is 12.4 Å². The number of rotatable bonds is 11. The number of fused-ring (bicyclic) bond motifs is 1. The second-order valence-electron chi connectivity index (χ2n) is 10.1. The van der Waals surface area contributed by atoms with Crippen molar-refractivity contribution < 1.29 is 9.15 Å². The molecule has 1 fully saturated rings. The molecule has 0 radical (unpaired) electrons. The van der Waals surface area contributed by atoms with Crippen LogP contribution in [0.1, 0.15) is 42.2 Å². The van der Waals surface area contributed by atoms with Crippen molar-refractivity contribution in [1.82, 2.24) is 4.90 Å². The van der Waals surface area contributed by atoms with E-state index in [4.69, 9.17) is 9.15 Å². The highest BCUT2D eigenvalue weighted by atomic mass is 79.9. The molecule has 0 saturated carbocycles. The normalized spacial score (nSPS) is 21.2. The Labute approximate surface area is 210 Å². The van der Waals surface area contributed by atoms with Gasteiger partial charge in [-0.15, -0.1) is 0 Å². The van der Waals surface area contributed by atoms with Gasteiger partial charge in [0.1, 0.15) is 17.1 Å². The van der Waals surface area contributed by atoms with Crippen LogP contribution in [0.4, 0.5) is 0 Å². The monoisotopic (exact) mass is 543 g/mol. The third-order valence-corrected chi connectivity index (χ3v) is 12.2. The number of furan rings is 1. The van der Waals surface area contributed by atoms with Crippen LogP contribution in [0.3, 0.4) is 0 Å². The number of nitrogens with zero attached hydrogens (tertiary/aromatic N) is 1. The van der Waals surface area contributed by atoms with E-state index in [9.17, 15) is 0 Å². The number of methoxy groups -OCH3 is 1. The van der Waals surface area contributed by atoms with Crippen LogP contribution >= 0.6 is 15.9 Å². The van der Waals surface area contributed by atoms with Gasteiger partial charge in [0.05, 0.1) is 30.7 Å². The molecule has 1 aliphatic heterocycles. The number of unbranched alkanes of at least 4 members (excludes halogenated alkanes) is 2. The van der Waals surface area contributed by atoms with Crippen molar-refractivity contribution in [3.05, 3.63) is 65.4 Å². The number of benzene rings is 2. The van der Waals surface area contributed by atoms with Crippen molar-refractivity contribution in [2.24, 2.45) is 0 Å². The molecule has 1 aromatic heterocycles. The van der Waals surface area contributed by atoms with Crippen LogP contribution < -0.4 is 4.74 Å². The van der Waals surface area contributed by atoms with Gasteiger partial charge in [0.25, 0.3) is 0 Å². The number of ether oxygens (including phenoxy) is 1. The van der Waals surface area contributed by atoms with Crippen LogP contribution in [0.15, 0.2) is 52.9 Å². The maximum Gasteiger partial charge on any atom is 0.134 e. The smallest absolute Gasteiger partial charge is 0.134 e. The zero-order chi connectivity index (χ0) is 23.5.